The minimum atomic E-state index is -1.42. The molecule has 0 unspecified atom stereocenters. The number of nitrogens with zero attached hydrogens (tertiary/aromatic N) is 5. The summed E-state index contributed by atoms with van der Waals surface area (Å²) in [6.45, 7) is 15.6. The van der Waals surface area contributed by atoms with Crippen LogP contribution >= 0.6 is 0 Å². The smallest absolute Gasteiger partial charge is 0.305 e. The molecule has 3 aliphatic heterocycles. The fraction of sp³-hybridized carbons (Fsp3) is 0.707. The number of amides is 10. The van der Waals surface area contributed by atoms with Gasteiger partial charge in [-0.3, -0.25) is 52.7 Å². The Morgan fingerprint density at radius 1 is 0.600 bits per heavy atom. The van der Waals surface area contributed by atoms with E-state index in [4.69, 9.17) is 16.2 Å². The minimum Gasteiger partial charge on any atom is -0.466 e. The minimum absolute atomic E-state index is 0.00884. The van der Waals surface area contributed by atoms with E-state index in [-0.39, 0.29) is 115 Å². The Labute approximate surface area is 498 Å². The molecule has 12 N–H and O–H groups in total. The van der Waals surface area contributed by atoms with Gasteiger partial charge in [0.2, 0.25) is 59.1 Å². The standard InChI is InChI=1S/C58H93N15O12/c1-10-85-46(74)23-22-40-57(83)72-26-16-21-44(72)53(79)68-47(34(6)7)55(81)62-39(20-15-25-60)50(76)66-42(28-33(4)5)52(78)67-43(29-36-17-12-11-13-18-36)58(84)73-31-37(70-71-61)30-45(73)54(80)69-48(35(8)9)56(82)63-38(19-14-24-59)49(75)65-41(27-32(2)3)51(77)64-40/h11-13,17-18,32-35,37-45,47-48H,10,14-16,19-31,59-60H2,1-9H3,(H,62,81)(H,63,82)(H,64,77)(H,65,75)(H,66,76)(H,67,78)(H,68,79)(H,69,80)/t37-,38+,39+,40-,41+,42+,43-,44+,45+,47+,48+/m1/s1. The van der Waals surface area contributed by atoms with Crippen molar-refractivity contribution in [3.8, 4) is 0 Å². The van der Waals surface area contributed by atoms with Gasteiger partial charge in [-0.05, 0) is 119 Å². The third-order valence-corrected chi connectivity index (χ3v) is 15.2. The third kappa shape index (κ3) is 21.3. The van der Waals surface area contributed by atoms with Crippen molar-refractivity contribution in [2.24, 2.45) is 40.3 Å². The van der Waals surface area contributed by atoms with Crippen LogP contribution in [0, 0.1) is 23.7 Å². The van der Waals surface area contributed by atoms with Crippen LogP contribution in [0.25, 0.3) is 10.4 Å². The second-order valence-electron chi connectivity index (χ2n) is 23.8. The molecule has 1 aromatic carbocycles. The highest BCUT2D eigenvalue weighted by atomic mass is 16.5. The van der Waals surface area contributed by atoms with Crippen LogP contribution in [0.4, 0.5) is 0 Å². The van der Waals surface area contributed by atoms with Gasteiger partial charge in [0.1, 0.15) is 60.4 Å². The maximum absolute atomic E-state index is 15.1. The lowest BCUT2D eigenvalue weighted by atomic mass is 9.99. The van der Waals surface area contributed by atoms with Gasteiger partial charge >= 0.3 is 5.97 Å². The SMILES string of the molecule is CCOC(=O)CC[C@H]1NC(=O)[C@H](CC(C)C)NC(=O)[C@H](CCCN)NC(=O)[C@H](C(C)C)NC(=O)[C@@H]2C[C@@H](N=[N+]=[N-])CN2C(=O)[C@@H](Cc2ccccc2)NC(=O)[C@H](CC(C)C)NC(=O)[C@H](CCCN)NC(=O)[C@H](C(C)C)NC(=O)[C@@H]2CCCN2C1=O. The van der Waals surface area contributed by atoms with Crippen LogP contribution < -0.4 is 54.0 Å². The maximum atomic E-state index is 15.1. The van der Waals surface area contributed by atoms with Gasteiger partial charge in [0.05, 0.1) is 12.6 Å². The van der Waals surface area contributed by atoms with Gasteiger partial charge in [-0.1, -0.05) is 90.8 Å². The first kappa shape index (κ1) is 70.1. The monoisotopic (exact) mass is 1190 g/mol. The first-order valence-electron chi connectivity index (χ1n) is 30.0. The van der Waals surface area contributed by atoms with Crippen molar-refractivity contribution in [1.82, 2.24) is 52.3 Å². The Hall–Kier alpha value is -7.38. The largest absolute Gasteiger partial charge is 0.466 e. The van der Waals surface area contributed by atoms with Crippen LogP contribution in [-0.2, 0) is 63.9 Å². The molecule has 472 valence electrons. The molecule has 3 saturated heterocycles. The highest BCUT2D eigenvalue weighted by Gasteiger charge is 2.45. The molecule has 3 heterocycles. The zero-order chi connectivity index (χ0) is 63.1. The number of nitrogens with one attached hydrogen (secondary N) is 8. The van der Waals surface area contributed by atoms with Crippen molar-refractivity contribution in [3.63, 3.8) is 0 Å². The van der Waals surface area contributed by atoms with E-state index in [9.17, 15) is 53.5 Å². The molecule has 0 radical (unpaired) electrons. The molecule has 0 aromatic heterocycles. The third-order valence-electron chi connectivity index (χ3n) is 15.2. The van der Waals surface area contributed by atoms with Gasteiger partial charge in [-0.2, -0.15) is 0 Å². The Kier molecular flexibility index (Phi) is 28.5. The summed E-state index contributed by atoms with van der Waals surface area (Å²) in [5.74, 6) is -9.91. The second kappa shape index (κ2) is 34.5. The predicted molar refractivity (Wildman–Crippen MR) is 314 cm³/mol. The lowest BCUT2D eigenvalue weighted by Crippen LogP contribution is -2.62. The van der Waals surface area contributed by atoms with E-state index in [2.05, 4.69) is 52.6 Å². The van der Waals surface area contributed by atoms with Crippen molar-refractivity contribution >= 4 is 65.0 Å². The molecule has 85 heavy (non-hydrogen) atoms. The molecular weight excluding hydrogens is 1100 g/mol. The van der Waals surface area contributed by atoms with Gasteiger partial charge in [-0.25, -0.2) is 0 Å². The molecule has 27 nitrogen and oxygen atoms in total. The van der Waals surface area contributed by atoms with Crippen molar-refractivity contribution in [3.05, 3.63) is 46.3 Å². The fourth-order valence-corrected chi connectivity index (χ4v) is 10.7. The number of fused-ring (bicyclic) bond motifs is 2. The molecular formula is C58H93N15O12. The first-order chi connectivity index (χ1) is 40.3. The van der Waals surface area contributed by atoms with Crippen molar-refractivity contribution in [2.75, 3.05) is 32.8 Å². The molecule has 3 fully saturated rings. The summed E-state index contributed by atoms with van der Waals surface area (Å²) < 4.78 is 5.15. The van der Waals surface area contributed by atoms with Crippen LogP contribution in [0.5, 0.6) is 0 Å². The number of hydrogen-bond donors (Lipinski definition) is 10. The molecule has 0 bridgehead atoms. The van der Waals surface area contributed by atoms with Crippen LogP contribution in [0.3, 0.4) is 0 Å². The molecule has 1 aromatic rings. The van der Waals surface area contributed by atoms with Crippen molar-refractivity contribution < 1.29 is 57.5 Å². The number of rotatable bonds is 19. The summed E-state index contributed by atoms with van der Waals surface area (Å²) in [5, 5.41) is 26.0. The number of nitrogens with two attached hydrogens (primary N) is 2. The van der Waals surface area contributed by atoms with Crippen LogP contribution in [0.15, 0.2) is 35.4 Å². The fourth-order valence-electron chi connectivity index (χ4n) is 10.7. The highest BCUT2D eigenvalue weighted by Crippen LogP contribution is 2.25. The first-order valence-corrected chi connectivity index (χ1v) is 30.0. The van der Waals surface area contributed by atoms with Gasteiger partial charge in [-0.15, -0.1) is 0 Å². The van der Waals surface area contributed by atoms with E-state index in [1.165, 1.54) is 9.80 Å². The Morgan fingerprint density at radius 3 is 1.53 bits per heavy atom. The molecule has 10 amide bonds. The number of carbonyl (C=O) groups excluding carboxylic acids is 11. The zero-order valence-electron chi connectivity index (χ0n) is 50.9. The van der Waals surface area contributed by atoms with E-state index in [1.54, 1.807) is 78.8 Å². The number of carbonyl (C=O) groups is 11. The van der Waals surface area contributed by atoms with Gasteiger partial charge in [0.15, 0.2) is 0 Å². The summed E-state index contributed by atoms with van der Waals surface area (Å²) in [5.41, 5.74) is 22.0. The molecule has 0 saturated carbocycles. The lowest BCUT2D eigenvalue weighted by Gasteiger charge is -2.33. The van der Waals surface area contributed by atoms with E-state index < -0.39 is 143 Å². The van der Waals surface area contributed by atoms with E-state index in [1.807, 2.05) is 13.8 Å². The molecule has 11 atom stereocenters. The van der Waals surface area contributed by atoms with E-state index in [0.29, 0.717) is 12.0 Å². The van der Waals surface area contributed by atoms with Crippen molar-refractivity contribution in [2.45, 2.75) is 206 Å². The molecule has 0 aliphatic carbocycles. The maximum Gasteiger partial charge on any atom is 0.305 e. The van der Waals surface area contributed by atoms with E-state index in [0.717, 1.165) is 0 Å². The number of esters is 1. The highest BCUT2D eigenvalue weighted by molar-refractivity contribution is 6.00. The molecule has 27 heteroatoms. The normalized spacial score (nSPS) is 26.7. The average Bonchev–Trinajstić information content (AvgIpc) is 3.69. The summed E-state index contributed by atoms with van der Waals surface area (Å²) in [6.07, 6.45) is 0.294. The lowest BCUT2D eigenvalue weighted by molar-refractivity contribution is -0.145. The van der Waals surface area contributed by atoms with Crippen LogP contribution in [0.1, 0.15) is 139 Å². The molecule has 0 spiro atoms. The summed E-state index contributed by atoms with van der Waals surface area (Å²) in [6, 6.07) is -5.26. The second-order valence-corrected chi connectivity index (χ2v) is 23.8. The topological polar surface area (TPSA) is 401 Å². The summed E-state index contributed by atoms with van der Waals surface area (Å²) >= 11 is 0. The number of hydrogen-bond acceptors (Lipinski definition) is 15. The Bertz CT molecular complexity index is 2530. The summed E-state index contributed by atoms with van der Waals surface area (Å²) in [4.78, 5) is 164. The number of azide groups is 1. The van der Waals surface area contributed by atoms with Crippen molar-refractivity contribution in [1.29, 1.82) is 0 Å². The van der Waals surface area contributed by atoms with E-state index >= 15 is 4.79 Å². The van der Waals surface area contributed by atoms with Crippen LogP contribution in [-0.4, -0.2) is 174 Å². The average molecular weight is 1190 g/mol. The molecule has 4 rings (SSSR count). The van der Waals surface area contributed by atoms with Gasteiger partial charge < -0.3 is 68.5 Å². The molecule has 3 aliphatic rings. The summed E-state index contributed by atoms with van der Waals surface area (Å²) in [7, 11) is 0. The number of benzene rings is 1. The van der Waals surface area contributed by atoms with Crippen LogP contribution in [0.2, 0.25) is 0 Å². The number of ether oxygens (including phenoxy) is 1. The predicted octanol–water partition coefficient (Wildman–Crippen LogP) is 0.617. The van der Waals surface area contributed by atoms with Gasteiger partial charge in [0.25, 0.3) is 0 Å². The van der Waals surface area contributed by atoms with Gasteiger partial charge in [0, 0.05) is 30.8 Å². The Morgan fingerprint density at radius 2 is 1.06 bits per heavy atom. The Balaban J connectivity index is 1.89. The quantitative estimate of drug-likeness (QED) is 0.0393. The zero-order valence-corrected chi connectivity index (χ0v) is 50.9.